The molecule has 3 rings (SSSR count). The van der Waals surface area contributed by atoms with Crippen LogP contribution in [0, 0.1) is 47.3 Å². The molecule has 1 atom stereocenters. The fraction of sp³-hybridized carbons (Fsp3) is 0.143. The highest BCUT2D eigenvalue weighted by atomic mass is 19.2. The third-order valence-electron chi connectivity index (χ3n) is 3.66. The summed E-state index contributed by atoms with van der Waals surface area (Å²) in [5.74, 6) is -13.0. The lowest BCUT2D eigenvalue weighted by atomic mass is 9.83. The van der Waals surface area contributed by atoms with Gasteiger partial charge < -0.3 is 10.5 Å². The monoisotopic (exact) mass is 342 g/mol. The summed E-state index contributed by atoms with van der Waals surface area (Å²) in [7, 11) is 0. The fourth-order valence-electron chi connectivity index (χ4n) is 2.56. The Bertz CT molecular complexity index is 915. The van der Waals surface area contributed by atoms with Crippen molar-refractivity contribution in [3.63, 3.8) is 0 Å². The van der Waals surface area contributed by atoms with Crippen LogP contribution in [0.1, 0.15) is 22.7 Å². The first-order chi connectivity index (χ1) is 11.3. The van der Waals surface area contributed by atoms with E-state index in [1.165, 1.54) is 6.92 Å². The molecule has 2 heterocycles. The van der Waals surface area contributed by atoms with Gasteiger partial charge in [-0.3, -0.25) is 5.10 Å². The molecular formula is C14H7F5N4O. The van der Waals surface area contributed by atoms with Gasteiger partial charge in [-0.25, -0.2) is 22.0 Å². The van der Waals surface area contributed by atoms with Gasteiger partial charge in [-0.05, 0) is 6.92 Å². The number of hydrogen-bond acceptors (Lipinski definition) is 4. The standard InChI is InChI=1S/C14H7F5N4O/c1-3-5-6(4(2-20)13(21)24-14(5)23-22-3)7-8(15)10(17)12(19)11(18)9(7)16/h6H,21H2,1H3,(H,22,23). The van der Waals surface area contributed by atoms with Crippen LogP contribution in [-0.2, 0) is 0 Å². The molecule has 0 bridgehead atoms. The predicted molar refractivity (Wildman–Crippen MR) is 68.9 cm³/mol. The molecule has 1 aliphatic heterocycles. The number of aromatic nitrogens is 2. The number of H-pyrrole nitrogens is 1. The highest BCUT2D eigenvalue weighted by Gasteiger charge is 2.40. The van der Waals surface area contributed by atoms with E-state index in [0.29, 0.717) is 0 Å². The summed E-state index contributed by atoms with van der Waals surface area (Å²) >= 11 is 0. The summed E-state index contributed by atoms with van der Waals surface area (Å²) < 4.78 is 73.8. The number of halogens is 5. The lowest BCUT2D eigenvalue weighted by Crippen LogP contribution is -2.23. The molecule has 0 saturated carbocycles. The molecule has 1 aromatic carbocycles. The maximum Gasteiger partial charge on any atom is 0.244 e. The second-order valence-corrected chi connectivity index (χ2v) is 4.98. The van der Waals surface area contributed by atoms with E-state index in [1.54, 1.807) is 6.07 Å². The Morgan fingerprint density at radius 3 is 2.12 bits per heavy atom. The Hall–Kier alpha value is -3.09. The molecular weight excluding hydrogens is 335 g/mol. The number of nitrogens with two attached hydrogens (primary N) is 1. The van der Waals surface area contributed by atoms with Crippen LogP contribution >= 0.6 is 0 Å². The summed E-state index contributed by atoms with van der Waals surface area (Å²) in [4.78, 5) is 0. The van der Waals surface area contributed by atoms with Gasteiger partial charge in [-0.1, -0.05) is 0 Å². The van der Waals surface area contributed by atoms with Crippen LogP contribution in [0.5, 0.6) is 5.88 Å². The van der Waals surface area contributed by atoms with E-state index in [-0.39, 0.29) is 17.1 Å². The first-order valence-corrected chi connectivity index (χ1v) is 6.43. The van der Waals surface area contributed by atoms with Crippen LogP contribution in [0.4, 0.5) is 22.0 Å². The second kappa shape index (κ2) is 5.23. The summed E-state index contributed by atoms with van der Waals surface area (Å²) in [5.41, 5.74) is 4.02. The smallest absolute Gasteiger partial charge is 0.244 e. The third-order valence-corrected chi connectivity index (χ3v) is 3.66. The number of nitrogens with zero attached hydrogens (tertiary/aromatic N) is 2. The maximum atomic E-state index is 14.2. The van der Waals surface area contributed by atoms with E-state index >= 15 is 0 Å². The zero-order valence-electron chi connectivity index (χ0n) is 11.8. The van der Waals surface area contributed by atoms with Gasteiger partial charge in [-0.15, -0.1) is 5.10 Å². The van der Waals surface area contributed by atoms with Gasteiger partial charge in [0.2, 0.25) is 17.6 Å². The molecule has 24 heavy (non-hydrogen) atoms. The lowest BCUT2D eigenvalue weighted by molar-refractivity contribution is 0.357. The highest BCUT2D eigenvalue weighted by molar-refractivity contribution is 5.55. The quantitative estimate of drug-likeness (QED) is 0.474. The number of ether oxygens (including phenoxy) is 1. The van der Waals surface area contributed by atoms with Crippen molar-refractivity contribution in [2.24, 2.45) is 5.73 Å². The summed E-state index contributed by atoms with van der Waals surface area (Å²) in [5, 5.41) is 15.4. The molecule has 124 valence electrons. The number of nitrogens with one attached hydrogen (secondary N) is 1. The summed E-state index contributed by atoms with van der Waals surface area (Å²) in [6.07, 6.45) is 0. The maximum absolute atomic E-state index is 14.2. The molecule has 5 nitrogen and oxygen atoms in total. The van der Waals surface area contributed by atoms with Gasteiger partial charge in [0.15, 0.2) is 23.3 Å². The van der Waals surface area contributed by atoms with Gasteiger partial charge in [0.05, 0.1) is 5.92 Å². The molecule has 0 aliphatic carbocycles. The normalized spacial score (nSPS) is 16.6. The average Bonchev–Trinajstić information content (AvgIpc) is 2.91. The number of allylic oxidation sites excluding steroid dienone is 1. The van der Waals surface area contributed by atoms with E-state index in [0.717, 1.165) is 0 Å². The minimum atomic E-state index is -2.29. The Balaban J connectivity index is 2.41. The van der Waals surface area contributed by atoms with Crippen molar-refractivity contribution in [2.45, 2.75) is 12.8 Å². The number of aryl methyl sites for hydroxylation is 1. The van der Waals surface area contributed by atoms with Crippen LogP contribution in [-0.4, -0.2) is 10.2 Å². The molecule has 10 heteroatoms. The Labute approximate surface area is 131 Å². The second-order valence-electron chi connectivity index (χ2n) is 4.98. The summed E-state index contributed by atoms with van der Waals surface area (Å²) in [6.45, 7) is 1.44. The van der Waals surface area contributed by atoms with Crippen molar-refractivity contribution in [1.82, 2.24) is 10.2 Å². The molecule has 0 amide bonds. The molecule has 3 N–H and O–H groups in total. The van der Waals surface area contributed by atoms with Crippen LogP contribution in [0.2, 0.25) is 0 Å². The van der Waals surface area contributed by atoms with Gasteiger partial charge >= 0.3 is 0 Å². The molecule has 2 aromatic rings. The third kappa shape index (κ3) is 1.94. The van der Waals surface area contributed by atoms with Gasteiger partial charge in [0, 0.05) is 16.8 Å². The minimum absolute atomic E-state index is 0.0380. The molecule has 1 aromatic heterocycles. The van der Waals surface area contributed by atoms with Crippen molar-refractivity contribution >= 4 is 0 Å². The molecule has 0 radical (unpaired) electrons. The number of nitriles is 1. The Morgan fingerprint density at radius 2 is 1.58 bits per heavy atom. The van der Waals surface area contributed by atoms with E-state index in [9.17, 15) is 27.2 Å². The Kier molecular flexibility index (Phi) is 3.44. The highest BCUT2D eigenvalue weighted by Crippen LogP contribution is 2.45. The molecule has 1 aliphatic rings. The molecule has 1 unspecified atom stereocenters. The molecule has 0 spiro atoms. The van der Waals surface area contributed by atoms with Crippen molar-refractivity contribution in [2.75, 3.05) is 0 Å². The van der Waals surface area contributed by atoms with E-state index in [2.05, 4.69) is 10.2 Å². The average molecular weight is 342 g/mol. The lowest BCUT2D eigenvalue weighted by Gasteiger charge is -2.24. The summed E-state index contributed by atoms with van der Waals surface area (Å²) in [6, 6.07) is 1.58. The zero-order chi connectivity index (χ0) is 17.8. The minimum Gasteiger partial charge on any atom is -0.420 e. The first-order valence-electron chi connectivity index (χ1n) is 6.43. The van der Waals surface area contributed by atoms with Crippen LogP contribution in [0.25, 0.3) is 0 Å². The largest absolute Gasteiger partial charge is 0.420 e. The SMILES string of the molecule is Cc1[nH]nc2c1C(c1c(F)c(F)c(F)c(F)c1F)C(C#N)=C(N)O2. The van der Waals surface area contributed by atoms with Gasteiger partial charge in [-0.2, -0.15) is 5.26 Å². The topological polar surface area (TPSA) is 87.7 Å². The molecule has 0 saturated heterocycles. The number of hydrogen-bond donors (Lipinski definition) is 2. The van der Waals surface area contributed by atoms with Crippen molar-refractivity contribution in [3.05, 3.63) is 57.4 Å². The fourth-order valence-corrected chi connectivity index (χ4v) is 2.56. The Morgan fingerprint density at radius 1 is 1.04 bits per heavy atom. The number of benzene rings is 1. The van der Waals surface area contributed by atoms with Gasteiger partial charge in [0.25, 0.3) is 0 Å². The van der Waals surface area contributed by atoms with Crippen molar-refractivity contribution < 1.29 is 26.7 Å². The zero-order valence-corrected chi connectivity index (χ0v) is 11.8. The molecule has 0 fully saturated rings. The van der Waals surface area contributed by atoms with E-state index in [1.807, 2.05) is 0 Å². The van der Waals surface area contributed by atoms with Crippen LogP contribution in [0.3, 0.4) is 0 Å². The number of aromatic amines is 1. The predicted octanol–water partition coefficient (Wildman–Crippen LogP) is 2.63. The van der Waals surface area contributed by atoms with Crippen LogP contribution < -0.4 is 10.5 Å². The van der Waals surface area contributed by atoms with Gasteiger partial charge in [0.1, 0.15) is 11.6 Å². The van der Waals surface area contributed by atoms with Crippen molar-refractivity contribution in [3.8, 4) is 11.9 Å². The van der Waals surface area contributed by atoms with E-state index in [4.69, 9.17) is 10.5 Å². The number of rotatable bonds is 1. The number of fused-ring (bicyclic) bond motifs is 1. The first kappa shape index (κ1) is 15.8. The van der Waals surface area contributed by atoms with Crippen LogP contribution in [0.15, 0.2) is 11.5 Å². The van der Waals surface area contributed by atoms with Crippen molar-refractivity contribution in [1.29, 1.82) is 5.26 Å². The van der Waals surface area contributed by atoms with E-state index < -0.39 is 52.0 Å².